The molecule has 2 aromatic heterocycles. The number of nitrogens with one attached hydrogen (secondary N) is 1. The van der Waals surface area contributed by atoms with Gasteiger partial charge in [-0.15, -0.1) is 0 Å². The van der Waals surface area contributed by atoms with Gasteiger partial charge in [0, 0.05) is 63.0 Å². The maximum atomic E-state index is 4.54. The Kier molecular flexibility index (Phi) is 3.76. The first-order valence-corrected chi connectivity index (χ1v) is 8.24. The standard InChI is InChI=1S/C18H21N7/c1-23(2)15-6-4-5-14(9-15)22-17-7-8-19-18-16(11-21-25(17)18)13-10-20-24(3)12-13/h4-11,13,22H,12H2,1-3H3. The summed E-state index contributed by atoms with van der Waals surface area (Å²) in [7, 11) is 6.04. The van der Waals surface area contributed by atoms with Crippen LogP contribution in [-0.4, -0.2) is 53.5 Å². The third kappa shape index (κ3) is 2.88. The van der Waals surface area contributed by atoms with Crippen molar-refractivity contribution in [1.82, 2.24) is 19.6 Å². The summed E-state index contributed by atoms with van der Waals surface area (Å²) in [4.78, 5) is 6.61. The molecule has 7 heteroatoms. The molecule has 0 spiro atoms. The first kappa shape index (κ1) is 15.4. The molecule has 1 N–H and O–H groups in total. The summed E-state index contributed by atoms with van der Waals surface area (Å²) in [5, 5.41) is 14.2. The van der Waals surface area contributed by atoms with Crippen LogP contribution in [0.1, 0.15) is 11.5 Å². The molecule has 1 aliphatic heterocycles. The molecule has 7 nitrogen and oxygen atoms in total. The number of hydrazone groups is 1. The molecule has 1 aromatic carbocycles. The molecular formula is C18H21N7. The van der Waals surface area contributed by atoms with Crippen molar-refractivity contribution in [3.63, 3.8) is 0 Å². The summed E-state index contributed by atoms with van der Waals surface area (Å²) < 4.78 is 1.85. The van der Waals surface area contributed by atoms with Gasteiger partial charge in [0.2, 0.25) is 0 Å². The minimum absolute atomic E-state index is 0.224. The Morgan fingerprint density at radius 2 is 2.12 bits per heavy atom. The van der Waals surface area contributed by atoms with Gasteiger partial charge in [-0.2, -0.15) is 14.7 Å². The van der Waals surface area contributed by atoms with Gasteiger partial charge in [0.1, 0.15) is 5.82 Å². The highest BCUT2D eigenvalue weighted by atomic mass is 15.4. The maximum Gasteiger partial charge on any atom is 0.161 e. The Labute approximate surface area is 146 Å². The van der Waals surface area contributed by atoms with Crippen LogP contribution < -0.4 is 10.2 Å². The molecule has 25 heavy (non-hydrogen) atoms. The highest BCUT2D eigenvalue weighted by molar-refractivity contribution is 5.74. The van der Waals surface area contributed by atoms with Gasteiger partial charge >= 0.3 is 0 Å². The van der Waals surface area contributed by atoms with Gasteiger partial charge in [0.25, 0.3) is 0 Å². The Bertz CT molecular complexity index is 928. The fraction of sp³-hybridized carbons (Fsp3) is 0.278. The third-order valence-electron chi connectivity index (χ3n) is 4.37. The van der Waals surface area contributed by atoms with Gasteiger partial charge in [-0.05, 0) is 24.3 Å². The summed E-state index contributed by atoms with van der Waals surface area (Å²) in [6.07, 6.45) is 5.66. The summed E-state index contributed by atoms with van der Waals surface area (Å²) in [5.74, 6) is 1.11. The molecule has 0 radical (unpaired) electrons. The normalized spacial score (nSPS) is 16.6. The number of anilines is 3. The molecule has 3 aromatic rings. The number of benzene rings is 1. The van der Waals surface area contributed by atoms with E-state index in [1.807, 2.05) is 67.5 Å². The number of hydrogen-bond donors (Lipinski definition) is 1. The Hall–Kier alpha value is -3.09. The second-order valence-corrected chi connectivity index (χ2v) is 6.45. The van der Waals surface area contributed by atoms with Crippen molar-refractivity contribution in [1.29, 1.82) is 0 Å². The van der Waals surface area contributed by atoms with Crippen LogP contribution in [0.4, 0.5) is 17.2 Å². The second-order valence-electron chi connectivity index (χ2n) is 6.45. The molecule has 0 fully saturated rings. The molecule has 128 valence electrons. The third-order valence-corrected chi connectivity index (χ3v) is 4.37. The lowest BCUT2D eigenvalue weighted by atomic mass is 10.0. The van der Waals surface area contributed by atoms with Gasteiger partial charge in [0.05, 0.1) is 6.20 Å². The Balaban J connectivity index is 1.68. The van der Waals surface area contributed by atoms with Crippen molar-refractivity contribution >= 4 is 29.1 Å². The van der Waals surface area contributed by atoms with Crippen LogP contribution in [-0.2, 0) is 0 Å². The van der Waals surface area contributed by atoms with E-state index in [0.29, 0.717) is 0 Å². The Morgan fingerprint density at radius 1 is 1.24 bits per heavy atom. The van der Waals surface area contributed by atoms with E-state index in [1.54, 1.807) is 0 Å². The average Bonchev–Trinajstić information content (AvgIpc) is 3.21. The maximum absolute atomic E-state index is 4.54. The summed E-state index contributed by atoms with van der Waals surface area (Å²) in [5.41, 5.74) is 4.11. The number of hydrogen-bond acceptors (Lipinski definition) is 6. The van der Waals surface area contributed by atoms with E-state index in [4.69, 9.17) is 0 Å². The molecule has 1 aliphatic rings. The quantitative estimate of drug-likeness (QED) is 0.794. The summed E-state index contributed by atoms with van der Waals surface area (Å²) in [6.45, 7) is 0.853. The van der Waals surface area contributed by atoms with Crippen molar-refractivity contribution < 1.29 is 0 Å². The molecule has 1 atom stereocenters. The molecular weight excluding hydrogens is 314 g/mol. The number of aromatic nitrogens is 3. The molecule has 0 bridgehead atoms. The fourth-order valence-electron chi connectivity index (χ4n) is 3.03. The lowest BCUT2D eigenvalue weighted by molar-refractivity contribution is 0.381. The number of rotatable bonds is 4. The van der Waals surface area contributed by atoms with Crippen LogP contribution >= 0.6 is 0 Å². The zero-order chi connectivity index (χ0) is 17.4. The smallest absolute Gasteiger partial charge is 0.161 e. The van der Waals surface area contributed by atoms with E-state index in [-0.39, 0.29) is 5.92 Å². The number of nitrogens with zero attached hydrogens (tertiary/aromatic N) is 6. The molecule has 0 saturated carbocycles. The van der Waals surface area contributed by atoms with Crippen LogP contribution in [0.2, 0.25) is 0 Å². The van der Waals surface area contributed by atoms with E-state index < -0.39 is 0 Å². The van der Waals surface area contributed by atoms with E-state index >= 15 is 0 Å². The molecule has 4 rings (SSSR count). The van der Waals surface area contributed by atoms with Crippen LogP contribution in [0.3, 0.4) is 0 Å². The van der Waals surface area contributed by atoms with Crippen molar-refractivity contribution in [2.24, 2.45) is 5.10 Å². The average molecular weight is 335 g/mol. The van der Waals surface area contributed by atoms with Crippen LogP contribution in [0.15, 0.2) is 47.8 Å². The molecule has 0 amide bonds. The van der Waals surface area contributed by atoms with Crippen molar-refractivity contribution in [3.8, 4) is 0 Å². The van der Waals surface area contributed by atoms with Gasteiger partial charge < -0.3 is 10.2 Å². The number of fused-ring (bicyclic) bond motifs is 1. The minimum atomic E-state index is 0.224. The summed E-state index contributed by atoms with van der Waals surface area (Å²) in [6, 6.07) is 10.2. The minimum Gasteiger partial charge on any atom is -0.378 e. The SMILES string of the molecule is CN1CC(c2cnn3c(Nc4cccc(N(C)C)c4)ccnc23)C=N1. The van der Waals surface area contributed by atoms with Crippen molar-refractivity contribution in [2.75, 3.05) is 37.9 Å². The lowest BCUT2D eigenvalue weighted by Gasteiger charge is -2.15. The van der Waals surface area contributed by atoms with Gasteiger partial charge in [0.15, 0.2) is 5.65 Å². The zero-order valence-corrected chi connectivity index (χ0v) is 14.6. The highest BCUT2D eigenvalue weighted by Gasteiger charge is 2.22. The van der Waals surface area contributed by atoms with Crippen LogP contribution in [0.5, 0.6) is 0 Å². The molecule has 0 saturated heterocycles. The van der Waals surface area contributed by atoms with E-state index in [0.717, 1.165) is 34.9 Å². The monoisotopic (exact) mass is 335 g/mol. The highest BCUT2D eigenvalue weighted by Crippen LogP contribution is 2.26. The number of likely N-dealkylation sites (N-methyl/N-ethyl adjacent to an activating group) is 1. The zero-order valence-electron chi connectivity index (χ0n) is 14.6. The predicted molar refractivity (Wildman–Crippen MR) is 101 cm³/mol. The van der Waals surface area contributed by atoms with Crippen LogP contribution in [0.25, 0.3) is 5.65 Å². The topological polar surface area (TPSA) is 61.1 Å². The van der Waals surface area contributed by atoms with E-state index in [1.165, 1.54) is 0 Å². The largest absolute Gasteiger partial charge is 0.378 e. The first-order valence-electron chi connectivity index (χ1n) is 8.24. The first-order chi connectivity index (χ1) is 12.1. The van der Waals surface area contributed by atoms with Gasteiger partial charge in [-0.1, -0.05) is 6.07 Å². The predicted octanol–water partition coefficient (Wildman–Crippen LogP) is 2.55. The van der Waals surface area contributed by atoms with Crippen molar-refractivity contribution in [3.05, 3.63) is 48.3 Å². The fourth-order valence-corrected chi connectivity index (χ4v) is 3.03. The van der Waals surface area contributed by atoms with Gasteiger partial charge in [-0.25, -0.2) is 4.98 Å². The van der Waals surface area contributed by atoms with E-state index in [2.05, 4.69) is 37.5 Å². The molecule has 3 heterocycles. The Morgan fingerprint density at radius 3 is 2.88 bits per heavy atom. The van der Waals surface area contributed by atoms with Gasteiger partial charge in [-0.3, -0.25) is 5.01 Å². The second kappa shape index (κ2) is 6.08. The van der Waals surface area contributed by atoms with Crippen molar-refractivity contribution in [2.45, 2.75) is 5.92 Å². The van der Waals surface area contributed by atoms with Crippen LogP contribution in [0, 0.1) is 0 Å². The van der Waals surface area contributed by atoms with E-state index in [9.17, 15) is 0 Å². The molecule has 0 aliphatic carbocycles. The summed E-state index contributed by atoms with van der Waals surface area (Å²) >= 11 is 0. The molecule has 1 unspecified atom stereocenters. The lowest BCUT2D eigenvalue weighted by Crippen LogP contribution is -2.12.